The first kappa shape index (κ1) is 40.4. The molecule has 0 heterocycles. The SMILES string of the molecule is CCCCCCCCCCc1ccc(N=Cc2ccc(OCCCCCCCCCCCCOc3ccc(-c4ccc(C#N)cc4)cc3)cc2)cc1. The molecule has 0 aliphatic heterocycles. The number of rotatable bonds is 27. The molecule has 4 aromatic carbocycles. The van der Waals surface area contributed by atoms with Crippen LogP contribution in [-0.2, 0) is 6.42 Å². The van der Waals surface area contributed by atoms with Gasteiger partial charge in [0.25, 0.3) is 0 Å². The Morgan fingerprint density at radius 3 is 1.44 bits per heavy atom. The summed E-state index contributed by atoms with van der Waals surface area (Å²) in [6.45, 7) is 3.83. The average Bonchev–Trinajstić information content (AvgIpc) is 3.19. The van der Waals surface area contributed by atoms with Crippen LogP contribution in [0.25, 0.3) is 11.1 Å². The number of hydrogen-bond donors (Lipinski definition) is 0. The van der Waals surface area contributed by atoms with Gasteiger partial charge in [-0.25, -0.2) is 0 Å². The molecular formula is C48H62N2O2. The van der Waals surface area contributed by atoms with Crippen molar-refractivity contribution >= 4 is 11.9 Å². The van der Waals surface area contributed by atoms with Gasteiger partial charge in [-0.2, -0.15) is 5.26 Å². The van der Waals surface area contributed by atoms with Crippen molar-refractivity contribution in [3.05, 3.63) is 114 Å². The summed E-state index contributed by atoms with van der Waals surface area (Å²) in [6, 6.07) is 35.1. The molecule has 4 rings (SSSR count). The Labute approximate surface area is 315 Å². The first-order valence-corrected chi connectivity index (χ1v) is 20.3. The highest BCUT2D eigenvalue weighted by atomic mass is 16.5. The standard InChI is InChI=1S/C48H62N2O2/c1-2-3-4-5-6-11-14-17-20-41-23-31-46(32-24-41)50-40-43-25-33-47(34-26-43)51-37-18-15-12-9-7-8-10-13-16-19-38-52-48-35-29-45(30-36-48)44-27-21-42(39-49)22-28-44/h21-36,40H,2-20,37-38H2,1H3. The van der Waals surface area contributed by atoms with Crippen molar-refractivity contribution in [3.63, 3.8) is 0 Å². The molecule has 0 aromatic heterocycles. The average molecular weight is 699 g/mol. The molecule has 4 heteroatoms. The summed E-state index contributed by atoms with van der Waals surface area (Å²) < 4.78 is 11.9. The fraction of sp³-hybridized carbons (Fsp3) is 0.458. The Bertz CT molecular complexity index is 1550. The summed E-state index contributed by atoms with van der Waals surface area (Å²) >= 11 is 0. The number of nitriles is 1. The second-order valence-corrected chi connectivity index (χ2v) is 14.2. The van der Waals surface area contributed by atoms with Crippen molar-refractivity contribution in [3.8, 4) is 28.7 Å². The van der Waals surface area contributed by atoms with Crippen LogP contribution in [0.4, 0.5) is 5.69 Å². The van der Waals surface area contributed by atoms with E-state index in [9.17, 15) is 0 Å². The van der Waals surface area contributed by atoms with Gasteiger partial charge in [0, 0.05) is 6.21 Å². The molecule has 0 aliphatic rings. The van der Waals surface area contributed by atoms with Crippen LogP contribution >= 0.6 is 0 Å². The topological polar surface area (TPSA) is 54.6 Å². The fourth-order valence-corrected chi connectivity index (χ4v) is 6.49. The lowest BCUT2D eigenvalue weighted by molar-refractivity contribution is 0.303. The highest BCUT2D eigenvalue weighted by Gasteiger charge is 2.01. The third-order valence-corrected chi connectivity index (χ3v) is 9.78. The van der Waals surface area contributed by atoms with Gasteiger partial charge in [-0.05, 0) is 109 Å². The van der Waals surface area contributed by atoms with E-state index in [2.05, 4.69) is 78.6 Å². The first-order chi connectivity index (χ1) is 25.7. The van der Waals surface area contributed by atoms with Crippen LogP contribution < -0.4 is 9.47 Å². The second kappa shape index (κ2) is 25.6. The summed E-state index contributed by atoms with van der Waals surface area (Å²) in [5.74, 6) is 1.85. The van der Waals surface area contributed by atoms with Crippen molar-refractivity contribution in [2.24, 2.45) is 4.99 Å². The van der Waals surface area contributed by atoms with E-state index in [0.29, 0.717) is 5.56 Å². The number of aliphatic imine (C=N–C) groups is 1. The summed E-state index contributed by atoms with van der Waals surface area (Å²) in [5, 5.41) is 8.97. The zero-order valence-electron chi connectivity index (χ0n) is 31.9. The van der Waals surface area contributed by atoms with Gasteiger partial charge in [-0.1, -0.05) is 140 Å². The van der Waals surface area contributed by atoms with Crippen LogP contribution in [0.2, 0.25) is 0 Å². The summed E-state index contributed by atoms with van der Waals surface area (Å²) in [6.07, 6.45) is 26.5. The van der Waals surface area contributed by atoms with Gasteiger partial charge in [0.05, 0.1) is 30.5 Å². The van der Waals surface area contributed by atoms with E-state index in [4.69, 9.17) is 14.7 Å². The maximum absolute atomic E-state index is 8.97. The Morgan fingerprint density at radius 1 is 0.500 bits per heavy atom. The molecule has 52 heavy (non-hydrogen) atoms. The predicted octanol–water partition coefficient (Wildman–Crippen LogP) is 14.0. The van der Waals surface area contributed by atoms with Gasteiger partial charge >= 0.3 is 0 Å². The van der Waals surface area contributed by atoms with E-state index in [1.165, 1.54) is 115 Å². The van der Waals surface area contributed by atoms with E-state index in [-0.39, 0.29) is 0 Å². The molecule has 0 atom stereocenters. The van der Waals surface area contributed by atoms with Gasteiger partial charge < -0.3 is 9.47 Å². The fourth-order valence-electron chi connectivity index (χ4n) is 6.49. The van der Waals surface area contributed by atoms with Gasteiger partial charge in [0.1, 0.15) is 11.5 Å². The number of nitrogens with zero attached hydrogens (tertiary/aromatic N) is 2. The Hall–Kier alpha value is -4.36. The van der Waals surface area contributed by atoms with Crippen LogP contribution in [0.5, 0.6) is 11.5 Å². The Morgan fingerprint density at radius 2 is 0.942 bits per heavy atom. The number of unbranched alkanes of at least 4 members (excludes halogenated alkanes) is 16. The third-order valence-electron chi connectivity index (χ3n) is 9.78. The molecule has 0 spiro atoms. The largest absolute Gasteiger partial charge is 0.494 e. The van der Waals surface area contributed by atoms with E-state index in [0.717, 1.165) is 59.9 Å². The zero-order chi connectivity index (χ0) is 36.3. The molecule has 0 aliphatic carbocycles. The van der Waals surface area contributed by atoms with Gasteiger partial charge in [0.15, 0.2) is 0 Å². The van der Waals surface area contributed by atoms with E-state index >= 15 is 0 Å². The molecule has 0 saturated carbocycles. The van der Waals surface area contributed by atoms with Gasteiger partial charge in [-0.15, -0.1) is 0 Å². The monoisotopic (exact) mass is 698 g/mol. The molecule has 4 nitrogen and oxygen atoms in total. The predicted molar refractivity (Wildman–Crippen MR) is 220 cm³/mol. The highest BCUT2D eigenvalue weighted by molar-refractivity contribution is 5.82. The Kier molecular flexibility index (Phi) is 19.9. The van der Waals surface area contributed by atoms with Crippen LogP contribution in [0.3, 0.4) is 0 Å². The van der Waals surface area contributed by atoms with Crippen LogP contribution in [0.15, 0.2) is 102 Å². The minimum absolute atomic E-state index is 0.682. The summed E-state index contributed by atoms with van der Waals surface area (Å²) in [5.41, 5.74) is 6.43. The zero-order valence-corrected chi connectivity index (χ0v) is 31.9. The number of aryl methyl sites for hydroxylation is 1. The number of benzene rings is 4. The second-order valence-electron chi connectivity index (χ2n) is 14.2. The van der Waals surface area contributed by atoms with E-state index in [1.54, 1.807) is 0 Å². The van der Waals surface area contributed by atoms with Crippen molar-refractivity contribution < 1.29 is 9.47 Å². The molecule has 0 radical (unpaired) electrons. The molecular weight excluding hydrogens is 637 g/mol. The molecule has 0 N–H and O–H groups in total. The van der Waals surface area contributed by atoms with E-state index < -0.39 is 0 Å². The lowest BCUT2D eigenvalue weighted by Crippen LogP contribution is -1.97. The minimum atomic E-state index is 0.682. The molecule has 0 unspecified atom stereocenters. The molecule has 0 bridgehead atoms. The van der Waals surface area contributed by atoms with Crippen molar-refractivity contribution in [2.45, 2.75) is 129 Å². The van der Waals surface area contributed by atoms with Crippen LogP contribution in [0.1, 0.15) is 139 Å². The van der Waals surface area contributed by atoms with Crippen molar-refractivity contribution in [2.75, 3.05) is 13.2 Å². The van der Waals surface area contributed by atoms with Gasteiger partial charge in [-0.3, -0.25) is 4.99 Å². The molecule has 0 fully saturated rings. The third kappa shape index (κ3) is 16.8. The number of ether oxygens (including phenoxy) is 2. The smallest absolute Gasteiger partial charge is 0.119 e. The highest BCUT2D eigenvalue weighted by Crippen LogP contribution is 2.23. The molecule has 0 saturated heterocycles. The summed E-state index contributed by atoms with van der Waals surface area (Å²) in [4.78, 5) is 4.68. The molecule has 276 valence electrons. The van der Waals surface area contributed by atoms with Crippen molar-refractivity contribution in [1.82, 2.24) is 0 Å². The van der Waals surface area contributed by atoms with Crippen molar-refractivity contribution in [1.29, 1.82) is 5.26 Å². The quantitative estimate of drug-likeness (QED) is 0.0460. The van der Waals surface area contributed by atoms with Crippen LogP contribution in [0, 0.1) is 11.3 Å². The number of hydrogen-bond acceptors (Lipinski definition) is 4. The van der Waals surface area contributed by atoms with Crippen LogP contribution in [-0.4, -0.2) is 19.4 Å². The molecule has 4 aromatic rings. The first-order valence-electron chi connectivity index (χ1n) is 20.3. The molecule has 0 amide bonds. The maximum atomic E-state index is 8.97. The van der Waals surface area contributed by atoms with Gasteiger partial charge in [0.2, 0.25) is 0 Å². The van der Waals surface area contributed by atoms with E-state index in [1.807, 2.05) is 42.6 Å². The summed E-state index contributed by atoms with van der Waals surface area (Å²) in [7, 11) is 0. The lowest BCUT2D eigenvalue weighted by Gasteiger charge is -2.08. The maximum Gasteiger partial charge on any atom is 0.119 e. The lowest BCUT2D eigenvalue weighted by atomic mass is 10.0. The normalized spacial score (nSPS) is 11.2. The Balaban J connectivity index is 0.937. The minimum Gasteiger partial charge on any atom is -0.494 e.